The Labute approximate surface area is 120 Å². The predicted octanol–water partition coefficient (Wildman–Crippen LogP) is 1.02. The van der Waals surface area contributed by atoms with Crippen molar-refractivity contribution in [3.63, 3.8) is 0 Å². The number of piperidine rings is 1. The fourth-order valence-electron chi connectivity index (χ4n) is 3.34. The van der Waals surface area contributed by atoms with Crippen LogP contribution in [0.4, 0.5) is 4.39 Å². The highest BCUT2D eigenvalue weighted by atomic mass is 19.1. The van der Waals surface area contributed by atoms with Gasteiger partial charge in [0.15, 0.2) is 5.65 Å². The highest BCUT2D eigenvalue weighted by Crippen LogP contribution is 2.24. The molecule has 0 unspecified atom stereocenters. The Morgan fingerprint density at radius 1 is 1.24 bits per heavy atom. The number of amides is 1. The molecule has 7 heteroatoms. The number of fused-ring (bicyclic) bond motifs is 5. The van der Waals surface area contributed by atoms with Crippen molar-refractivity contribution in [3.8, 4) is 0 Å². The summed E-state index contributed by atoms with van der Waals surface area (Å²) in [6, 6.07) is 3.12. The van der Waals surface area contributed by atoms with Crippen LogP contribution in [0, 0.1) is 5.95 Å². The van der Waals surface area contributed by atoms with Crippen LogP contribution in [0.25, 0.3) is 11.0 Å². The summed E-state index contributed by atoms with van der Waals surface area (Å²) < 4.78 is 13.1. The summed E-state index contributed by atoms with van der Waals surface area (Å²) >= 11 is 0. The number of H-pyrrole nitrogens is 1. The Kier molecular flexibility index (Phi) is 2.88. The Bertz CT molecular complexity index is 692. The molecular weight excluding hydrogens is 273 g/mol. The summed E-state index contributed by atoms with van der Waals surface area (Å²) in [6.07, 6.45) is 2.04. The standard InChI is InChI=1S/C14H16FN5O/c15-11-2-1-10-12(17-18-13(10)16-11)14(21)20-8-7-19-5-3-9(20)4-6-19/h1-2,9H,3-8H2,(H,16,17,18). The van der Waals surface area contributed by atoms with Gasteiger partial charge < -0.3 is 9.80 Å². The van der Waals surface area contributed by atoms with Crippen molar-refractivity contribution < 1.29 is 9.18 Å². The molecule has 3 aliphatic rings. The number of pyridine rings is 1. The molecular formula is C14H16FN5O. The largest absolute Gasteiger partial charge is 0.333 e. The minimum absolute atomic E-state index is 0.0559. The maximum atomic E-state index is 13.1. The van der Waals surface area contributed by atoms with Gasteiger partial charge in [0.1, 0.15) is 5.69 Å². The highest BCUT2D eigenvalue weighted by Gasteiger charge is 2.33. The molecule has 1 amide bonds. The van der Waals surface area contributed by atoms with Crippen molar-refractivity contribution in [3.05, 3.63) is 23.8 Å². The summed E-state index contributed by atoms with van der Waals surface area (Å²) in [5.74, 6) is -0.645. The lowest BCUT2D eigenvalue weighted by atomic mass is 10.0. The molecule has 0 atom stereocenters. The average molecular weight is 289 g/mol. The molecule has 0 spiro atoms. The summed E-state index contributed by atoms with van der Waals surface area (Å²) in [5.41, 5.74) is 0.666. The Morgan fingerprint density at radius 3 is 2.86 bits per heavy atom. The lowest BCUT2D eigenvalue weighted by molar-refractivity contribution is 0.0681. The zero-order valence-corrected chi connectivity index (χ0v) is 11.5. The second-order valence-corrected chi connectivity index (χ2v) is 5.68. The third-order valence-corrected chi connectivity index (χ3v) is 4.51. The van der Waals surface area contributed by atoms with Gasteiger partial charge in [-0.05, 0) is 25.0 Å². The molecule has 0 aromatic carbocycles. The van der Waals surface area contributed by atoms with Crippen LogP contribution in [0.2, 0.25) is 0 Å². The van der Waals surface area contributed by atoms with E-state index in [4.69, 9.17) is 0 Å². The van der Waals surface area contributed by atoms with Crippen LogP contribution in [0.5, 0.6) is 0 Å². The molecule has 6 nitrogen and oxygen atoms in total. The number of aromatic amines is 1. The molecule has 3 saturated heterocycles. The number of carbonyl (C=O) groups is 1. The third-order valence-electron chi connectivity index (χ3n) is 4.51. The number of hydrogen-bond acceptors (Lipinski definition) is 4. The Balaban J connectivity index is 1.69. The summed E-state index contributed by atoms with van der Waals surface area (Å²) in [4.78, 5) is 20.8. The van der Waals surface area contributed by atoms with E-state index in [-0.39, 0.29) is 11.6 Å². The van der Waals surface area contributed by atoms with Crippen LogP contribution < -0.4 is 0 Å². The van der Waals surface area contributed by atoms with Crippen molar-refractivity contribution in [1.82, 2.24) is 25.0 Å². The average Bonchev–Trinajstić information content (AvgIpc) is 2.68. The van der Waals surface area contributed by atoms with Gasteiger partial charge in [0.05, 0.1) is 5.39 Å². The maximum absolute atomic E-state index is 13.1. The van der Waals surface area contributed by atoms with Crippen LogP contribution in [0.3, 0.4) is 0 Å². The van der Waals surface area contributed by atoms with Gasteiger partial charge in [-0.1, -0.05) is 0 Å². The molecule has 21 heavy (non-hydrogen) atoms. The van der Waals surface area contributed by atoms with Crippen LogP contribution in [0.1, 0.15) is 23.3 Å². The number of nitrogens with one attached hydrogen (secondary N) is 1. The molecule has 0 saturated carbocycles. The van der Waals surface area contributed by atoms with Crippen LogP contribution in [-0.4, -0.2) is 63.1 Å². The first-order valence-corrected chi connectivity index (χ1v) is 7.26. The molecule has 3 fully saturated rings. The van der Waals surface area contributed by atoms with Crippen molar-refractivity contribution in [2.24, 2.45) is 0 Å². The Morgan fingerprint density at radius 2 is 2.05 bits per heavy atom. The van der Waals surface area contributed by atoms with E-state index in [2.05, 4.69) is 20.1 Å². The minimum Gasteiger partial charge on any atom is -0.333 e. The first kappa shape index (κ1) is 12.7. The van der Waals surface area contributed by atoms with E-state index in [1.165, 1.54) is 6.07 Å². The molecule has 2 aromatic rings. The normalized spacial score (nSPS) is 25.3. The number of hydrogen-bond donors (Lipinski definition) is 1. The first-order chi connectivity index (χ1) is 10.2. The smallest absolute Gasteiger partial charge is 0.272 e. The van der Waals surface area contributed by atoms with Crippen molar-refractivity contribution >= 4 is 16.9 Å². The molecule has 0 radical (unpaired) electrons. The minimum atomic E-state index is -0.589. The van der Waals surface area contributed by atoms with Gasteiger partial charge in [-0.3, -0.25) is 9.89 Å². The van der Waals surface area contributed by atoms with Gasteiger partial charge in [0.25, 0.3) is 5.91 Å². The summed E-state index contributed by atoms with van der Waals surface area (Å²) in [6.45, 7) is 3.77. The first-order valence-electron chi connectivity index (χ1n) is 7.26. The molecule has 0 aliphatic carbocycles. The van der Waals surface area contributed by atoms with Crippen molar-refractivity contribution in [1.29, 1.82) is 0 Å². The predicted molar refractivity (Wildman–Crippen MR) is 74.3 cm³/mol. The van der Waals surface area contributed by atoms with Gasteiger partial charge in [-0.15, -0.1) is 0 Å². The number of rotatable bonds is 1. The molecule has 3 aliphatic heterocycles. The van der Waals surface area contributed by atoms with Crippen molar-refractivity contribution in [2.75, 3.05) is 26.2 Å². The molecule has 2 bridgehead atoms. The van der Waals surface area contributed by atoms with E-state index in [9.17, 15) is 9.18 Å². The number of nitrogens with zero attached hydrogens (tertiary/aromatic N) is 4. The monoisotopic (exact) mass is 289 g/mol. The number of carbonyl (C=O) groups excluding carboxylic acids is 1. The van der Waals surface area contributed by atoms with Gasteiger partial charge in [0, 0.05) is 32.2 Å². The second-order valence-electron chi connectivity index (χ2n) is 5.68. The lowest BCUT2D eigenvalue weighted by Crippen LogP contribution is -2.41. The molecule has 5 rings (SSSR count). The molecule has 1 N–H and O–H groups in total. The van der Waals surface area contributed by atoms with E-state index >= 15 is 0 Å². The molecule has 2 aromatic heterocycles. The van der Waals surface area contributed by atoms with Gasteiger partial charge in [0.2, 0.25) is 5.95 Å². The number of aromatic nitrogens is 3. The zero-order valence-electron chi connectivity index (χ0n) is 11.5. The zero-order chi connectivity index (χ0) is 14.4. The van der Waals surface area contributed by atoms with E-state index < -0.39 is 5.95 Å². The number of halogens is 1. The Hall–Kier alpha value is -2.02. The lowest BCUT2D eigenvalue weighted by Gasteiger charge is -2.31. The maximum Gasteiger partial charge on any atom is 0.272 e. The second kappa shape index (κ2) is 4.77. The summed E-state index contributed by atoms with van der Waals surface area (Å²) in [5, 5.41) is 7.26. The highest BCUT2D eigenvalue weighted by molar-refractivity contribution is 6.03. The van der Waals surface area contributed by atoms with Crippen molar-refractivity contribution in [2.45, 2.75) is 18.9 Å². The van der Waals surface area contributed by atoms with E-state index in [0.717, 1.165) is 39.0 Å². The van der Waals surface area contributed by atoms with Gasteiger partial charge >= 0.3 is 0 Å². The van der Waals surface area contributed by atoms with E-state index in [1.54, 1.807) is 6.07 Å². The van der Waals surface area contributed by atoms with Gasteiger partial charge in [-0.25, -0.2) is 0 Å². The SMILES string of the molecule is O=C(c1[nH]nc2nc(F)ccc12)N1CCN2CCC1CC2. The van der Waals surface area contributed by atoms with Crippen LogP contribution in [-0.2, 0) is 0 Å². The topological polar surface area (TPSA) is 65.1 Å². The third kappa shape index (κ3) is 2.08. The fourth-order valence-corrected chi connectivity index (χ4v) is 3.34. The fraction of sp³-hybridized carbons (Fsp3) is 0.500. The molecule has 5 heterocycles. The van der Waals surface area contributed by atoms with Crippen LogP contribution >= 0.6 is 0 Å². The quantitative estimate of drug-likeness (QED) is 0.796. The van der Waals surface area contributed by atoms with E-state index in [1.807, 2.05) is 4.90 Å². The van der Waals surface area contributed by atoms with E-state index in [0.29, 0.717) is 17.1 Å². The van der Waals surface area contributed by atoms with Crippen LogP contribution in [0.15, 0.2) is 12.1 Å². The molecule has 110 valence electrons. The summed E-state index contributed by atoms with van der Waals surface area (Å²) in [7, 11) is 0. The van der Waals surface area contributed by atoms with Gasteiger partial charge in [-0.2, -0.15) is 14.5 Å².